The van der Waals surface area contributed by atoms with Crippen molar-refractivity contribution < 1.29 is 14.3 Å². The van der Waals surface area contributed by atoms with Gasteiger partial charge in [0.1, 0.15) is 0 Å². The van der Waals surface area contributed by atoms with Gasteiger partial charge in [-0.25, -0.2) is 4.98 Å². The van der Waals surface area contributed by atoms with Gasteiger partial charge < -0.3 is 10.0 Å². The maximum Gasteiger partial charge on any atom is 0.308 e. The van der Waals surface area contributed by atoms with E-state index in [9.17, 15) is 9.18 Å². The number of halogens is 1. The van der Waals surface area contributed by atoms with Gasteiger partial charge >= 0.3 is 5.97 Å². The van der Waals surface area contributed by atoms with Gasteiger partial charge in [0.2, 0.25) is 5.95 Å². The van der Waals surface area contributed by atoms with E-state index in [4.69, 9.17) is 5.11 Å². The highest BCUT2D eigenvalue weighted by Gasteiger charge is 2.28. The summed E-state index contributed by atoms with van der Waals surface area (Å²) in [4.78, 5) is 16.1. The lowest BCUT2D eigenvalue weighted by Gasteiger charge is -2.17. The van der Waals surface area contributed by atoms with E-state index in [1.165, 1.54) is 12.3 Å². The fourth-order valence-electron chi connectivity index (χ4n) is 1.79. The third-order valence-corrected chi connectivity index (χ3v) is 2.61. The molecule has 1 aliphatic rings. The van der Waals surface area contributed by atoms with Gasteiger partial charge in [-0.2, -0.15) is 4.39 Å². The van der Waals surface area contributed by atoms with E-state index in [-0.39, 0.29) is 5.92 Å². The number of aliphatic carboxylic acids is 1. The van der Waals surface area contributed by atoms with E-state index in [0.717, 1.165) is 0 Å². The second-order valence-corrected chi connectivity index (χ2v) is 3.61. The number of rotatable bonds is 2. The average molecular weight is 210 g/mol. The van der Waals surface area contributed by atoms with E-state index >= 15 is 0 Å². The summed E-state index contributed by atoms with van der Waals surface area (Å²) in [5.41, 5.74) is 0.700. The largest absolute Gasteiger partial charge is 0.481 e. The average Bonchev–Trinajstić information content (AvgIpc) is 2.66. The highest BCUT2D eigenvalue weighted by Crippen LogP contribution is 2.23. The van der Waals surface area contributed by atoms with Gasteiger partial charge in [-0.1, -0.05) is 0 Å². The summed E-state index contributed by atoms with van der Waals surface area (Å²) in [6.07, 6.45) is 2.00. The van der Waals surface area contributed by atoms with Gasteiger partial charge in [-0.15, -0.1) is 0 Å². The second-order valence-electron chi connectivity index (χ2n) is 3.61. The Bertz CT molecular complexity index is 383. The van der Waals surface area contributed by atoms with Crippen molar-refractivity contribution in [1.29, 1.82) is 0 Å². The maximum absolute atomic E-state index is 12.8. The summed E-state index contributed by atoms with van der Waals surface area (Å²) in [5.74, 6) is -1.67. The molecule has 0 aliphatic carbocycles. The number of carbonyl (C=O) groups is 1. The van der Waals surface area contributed by atoms with E-state index in [2.05, 4.69) is 4.98 Å². The molecule has 0 saturated carbocycles. The van der Waals surface area contributed by atoms with Crippen molar-refractivity contribution in [2.45, 2.75) is 6.42 Å². The molecule has 0 aromatic carbocycles. The molecule has 2 rings (SSSR count). The molecule has 0 bridgehead atoms. The predicted molar refractivity (Wildman–Crippen MR) is 52.2 cm³/mol. The van der Waals surface area contributed by atoms with Gasteiger partial charge in [0.15, 0.2) is 0 Å². The topological polar surface area (TPSA) is 53.4 Å². The van der Waals surface area contributed by atoms with E-state index in [0.29, 0.717) is 25.2 Å². The number of hydrogen-bond acceptors (Lipinski definition) is 3. The fraction of sp³-hybridized carbons (Fsp3) is 0.400. The van der Waals surface area contributed by atoms with Gasteiger partial charge in [0.25, 0.3) is 0 Å². The summed E-state index contributed by atoms with van der Waals surface area (Å²) in [6, 6.07) is 3.01. The Hall–Kier alpha value is -1.65. The zero-order chi connectivity index (χ0) is 10.8. The maximum atomic E-state index is 12.8. The van der Waals surface area contributed by atoms with Crippen LogP contribution < -0.4 is 4.90 Å². The van der Waals surface area contributed by atoms with E-state index < -0.39 is 11.9 Å². The molecule has 0 radical (unpaired) electrons. The number of carboxylic acids is 1. The van der Waals surface area contributed by atoms with E-state index in [1.807, 2.05) is 4.90 Å². The number of anilines is 1. The van der Waals surface area contributed by atoms with Crippen LogP contribution in [0.2, 0.25) is 0 Å². The summed E-state index contributed by atoms with van der Waals surface area (Å²) >= 11 is 0. The second kappa shape index (κ2) is 3.84. The lowest BCUT2D eigenvalue weighted by molar-refractivity contribution is -0.140. The molecule has 80 valence electrons. The highest BCUT2D eigenvalue weighted by molar-refractivity contribution is 5.72. The summed E-state index contributed by atoms with van der Waals surface area (Å²) < 4.78 is 12.8. The van der Waals surface area contributed by atoms with Gasteiger partial charge in [-0.3, -0.25) is 4.79 Å². The van der Waals surface area contributed by atoms with Crippen molar-refractivity contribution in [2.75, 3.05) is 18.0 Å². The Morgan fingerprint density at radius 2 is 2.47 bits per heavy atom. The number of carboxylic acid groups (broad SMARTS) is 1. The van der Waals surface area contributed by atoms with Crippen molar-refractivity contribution in [3.05, 3.63) is 24.3 Å². The van der Waals surface area contributed by atoms with Crippen LogP contribution in [0.5, 0.6) is 0 Å². The van der Waals surface area contributed by atoms with Crippen LogP contribution in [0.1, 0.15) is 6.42 Å². The van der Waals surface area contributed by atoms with Crippen molar-refractivity contribution in [1.82, 2.24) is 4.98 Å². The first kappa shape index (κ1) is 9.89. The number of nitrogens with zero attached hydrogens (tertiary/aromatic N) is 2. The molecule has 1 atom stereocenters. The van der Waals surface area contributed by atoms with Crippen molar-refractivity contribution >= 4 is 11.7 Å². The fourth-order valence-corrected chi connectivity index (χ4v) is 1.79. The van der Waals surface area contributed by atoms with Crippen molar-refractivity contribution in [2.24, 2.45) is 5.92 Å². The molecular weight excluding hydrogens is 199 g/mol. The minimum Gasteiger partial charge on any atom is -0.481 e. The first-order chi connectivity index (χ1) is 7.16. The van der Waals surface area contributed by atoms with Crippen LogP contribution in [0.3, 0.4) is 0 Å². The summed E-state index contributed by atoms with van der Waals surface area (Å²) in [5, 5.41) is 8.82. The van der Waals surface area contributed by atoms with Crippen LogP contribution in [-0.4, -0.2) is 29.1 Å². The van der Waals surface area contributed by atoms with Crippen LogP contribution in [0.4, 0.5) is 10.1 Å². The molecule has 2 heterocycles. The van der Waals surface area contributed by atoms with Crippen LogP contribution in [0, 0.1) is 11.9 Å². The lowest BCUT2D eigenvalue weighted by Crippen LogP contribution is -2.22. The smallest absolute Gasteiger partial charge is 0.308 e. The molecule has 4 nitrogen and oxygen atoms in total. The van der Waals surface area contributed by atoms with Gasteiger partial charge in [-0.05, 0) is 12.5 Å². The molecule has 0 amide bonds. The van der Waals surface area contributed by atoms with Crippen molar-refractivity contribution in [3.63, 3.8) is 0 Å². The first-order valence-corrected chi connectivity index (χ1v) is 4.76. The summed E-state index contributed by atoms with van der Waals surface area (Å²) in [7, 11) is 0. The van der Waals surface area contributed by atoms with E-state index in [1.54, 1.807) is 6.07 Å². The molecule has 1 fully saturated rings. The van der Waals surface area contributed by atoms with Crippen LogP contribution in [-0.2, 0) is 4.79 Å². The normalized spacial score (nSPS) is 20.6. The van der Waals surface area contributed by atoms with Crippen molar-refractivity contribution in [3.8, 4) is 0 Å². The monoisotopic (exact) mass is 210 g/mol. The SMILES string of the molecule is O=C(O)[C@@H]1CCN(c2ccnc(F)c2)C1. The molecule has 0 spiro atoms. The molecular formula is C10H11FN2O2. The third-order valence-electron chi connectivity index (χ3n) is 2.61. The van der Waals surface area contributed by atoms with Gasteiger partial charge in [0.05, 0.1) is 5.92 Å². The molecule has 1 N–H and O–H groups in total. The van der Waals surface area contributed by atoms with Crippen LogP contribution >= 0.6 is 0 Å². The lowest BCUT2D eigenvalue weighted by atomic mass is 10.1. The molecule has 0 unspecified atom stereocenters. The quantitative estimate of drug-likeness (QED) is 0.743. The van der Waals surface area contributed by atoms with Crippen LogP contribution in [0.15, 0.2) is 18.3 Å². The summed E-state index contributed by atoms with van der Waals surface area (Å²) in [6.45, 7) is 1.10. The Labute approximate surface area is 86.4 Å². The minimum absolute atomic E-state index is 0.346. The first-order valence-electron chi connectivity index (χ1n) is 4.76. The Kier molecular flexibility index (Phi) is 2.53. The Morgan fingerprint density at radius 3 is 3.07 bits per heavy atom. The number of hydrogen-bond donors (Lipinski definition) is 1. The Balaban J connectivity index is 2.11. The predicted octanol–water partition coefficient (Wildman–Crippen LogP) is 1.13. The number of pyridine rings is 1. The molecule has 15 heavy (non-hydrogen) atoms. The Morgan fingerprint density at radius 1 is 1.67 bits per heavy atom. The molecule has 1 aliphatic heterocycles. The zero-order valence-corrected chi connectivity index (χ0v) is 8.06. The van der Waals surface area contributed by atoms with Crippen LogP contribution in [0.25, 0.3) is 0 Å². The minimum atomic E-state index is -0.785. The molecule has 5 heteroatoms. The molecule has 1 saturated heterocycles. The standard InChI is InChI=1S/C10H11FN2O2/c11-9-5-8(1-3-12-9)13-4-2-7(6-13)10(14)15/h1,3,5,7H,2,4,6H2,(H,14,15)/t7-/m1/s1. The third kappa shape index (κ3) is 2.06. The highest BCUT2D eigenvalue weighted by atomic mass is 19.1. The molecule has 1 aromatic heterocycles. The zero-order valence-electron chi connectivity index (χ0n) is 8.06. The van der Waals surface area contributed by atoms with Gasteiger partial charge in [0, 0.05) is 31.0 Å². The molecule has 1 aromatic rings. The number of aromatic nitrogens is 1.